The van der Waals surface area contributed by atoms with Crippen LogP contribution in [0.2, 0.25) is 0 Å². The summed E-state index contributed by atoms with van der Waals surface area (Å²) in [5.74, 6) is 0.752. The van der Waals surface area contributed by atoms with E-state index in [9.17, 15) is 13.2 Å². The van der Waals surface area contributed by atoms with Crippen molar-refractivity contribution < 1.29 is 13.2 Å². The molecule has 0 spiro atoms. The second kappa shape index (κ2) is 9.62. The number of aryl methyl sites for hydroxylation is 2. The van der Waals surface area contributed by atoms with E-state index in [2.05, 4.69) is 39.5 Å². The highest BCUT2D eigenvalue weighted by atomic mass is 32.2. The number of nitrogens with zero attached hydrogens (tertiary/aromatic N) is 4. The molecule has 4 rings (SSSR count). The molecule has 3 aromatic rings. The van der Waals surface area contributed by atoms with E-state index in [1.807, 2.05) is 11.6 Å². The number of nitrogens with one attached hydrogen (secondary N) is 1. The summed E-state index contributed by atoms with van der Waals surface area (Å²) >= 11 is 0. The molecule has 0 aliphatic carbocycles. The minimum atomic E-state index is -3.52. The first-order valence-corrected chi connectivity index (χ1v) is 12.6. The van der Waals surface area contributed by atoms with Crippen LogP contribution in [0, 0.1) is 0 Å². The van der Waals surface area contributed by atoms with Crippen LogP contribution in [0.1, 0.15) is 23.4 Å². The summed E-state index contributed by atoms with van der Waals surface area (Å²) in [5, 5.41) is 3.02. The van der Waals surface area contributed by atoms with Crippen LogP contribution in [0.5, 0.6) is 0 Å². The number of aromatic nitrogens is 2. The average Bonchev–Trinajstić information content (AvgIpc) is 3.12. The summed E-state index contributed by atoms with van der Waals surface area (Å²) in [6.07, 6.45) is 1.88. The molecular formula is C24H31N5O3S. The van der Waals surface area contributed by atoms with Gasteiger partial charge < -0.3 is 9.88 Å². The third-order valence-corrected chi connectivity index (χ3v) is 8.07. The van der Waals surface area contributed by atoms with Crippen LogP contribution in [0.15, 0.2) is 47.4 Å². The number of rotatable bonds is 8. The zero-order chi connectivity index (χ0) is 23.6. The second-order valence-electron chi connectivity index (χ2n) is 8.67. The molecule has 0 atom stereocenters. The normalized spacial score (nSPS) is 14.5. The molecule has 0 bridgehead atoms. The Hall–Kier alpha value is -2.75. The SMILES string of the molecule is CN(C)S(=O)(=O)c1ccc2c(c1)nc(CCC(=O)NCCN1CCc3ccccc3C1)n2C. The number of carbonyl (C=O) groups is 1. The van der Waals surface area contributed by atoms with Crippen molar-refractivity contribution in [2.75, 3.05) is 33.7 Å². The van der Waals surface area contributed by atoms with E-state index in [1.54, 1.807) is 18.2 Å². The van der Waals surface area contributed by atoms with E-state index in [4.69, 9.17) is 0 Å². The van der Waals surface area contributed by atoms with Crippen molar-refractivity contribution in [3.05, 3.63) is 59.4 Å². The average molecular weight is 470 g/mol. The van der Waals surface area contributed by atoms with Crippen LogP contribution in [0.3, 0.4) is 0 Å². The molecule has 8 nitrogen and oxygen atoms in total. The van der Waals surface area contributed by atoms with Gasteiger partial charge in [0.05, 0.1) is 15.9 Å². The molecule has 0 saturated heterocycles. The van der Waals surface area contributed by atoms with Crippen molar-refractivity contribution in [1.29, 1.82) is 0 Å². The molecular weight excluding hydrogens is 438 g/mol. The second-order valence-corrected chi connectivity index (χ2v) is 10.8. The number of hydrogen-bond acceptors (Lipinski definition) is 5. The lowest BCUT2D eigenvalue weighted by atomic mass is 10.00. The molecule has 0 unspecified atom stereocenters. The first-order valence-electron chi connectivity index (χ1n) is 11.2. The van der Waals surface area contributed by atoms with Gasteiger partial charge in [0.1, 0.15) is 5.82 Å². The molecule has 2 aromatic carbocycles. The molecule has 9 heteroatoms. The minimum Gasteiger partial charge on any atom is -0.355 e. The summed E-state index contributed by atoms with van der Waals surface area (Å²) in [6, 6.07) is 13.5. The molecule has 0 radical (unpaired) electrons. The fourth-order valence-electron chi connectivity index (χ4n) is 4.24. The summed E-state index contributed by atoms with van der Waals surface area (Å²) in [4.78, 5) is 19.6. The summed E-state index contributed by atoms with van der Waals surface area (Å²) in [6.45, 7) is 3.39. The fraction of sp³-hybridized carbons (Fsp3) is 0.417. The van der Waals surface area contributed by atoms with Gasteiger partial charge in [-0.15, -0.1) is 0 Å². The van der Waals surface area contributed by atoms with E-state index in [1.165, 1.54) is 29.5 Å². The molecule has 1 N–H and O–H groups in total. The van der Waals surface area contributed by atoms with Crippen molar-refractivity contribution >= 4 is 27.0 Å². The Balaban J connectivity index is 1.30. The Morgan fingerprint density at radius 3 is 2.67 bits per heavy atom. The highest BCUT2D eigenvalue weighted by Crippen LogP contribution is 2.22. The van der Waals surface area contributed by atoms with E-state index >= 15 is 0 Å². The lowest BCUT2D eigenvalue weighted by molar-refractivity contribution is -0.121. The smallest absolute Gasteiger partial charge is 0.242 e. The predicted octanol–water partition coefficient (Wildman–Crippen LogP) is 1.93. The third-order valence-electron chi connectivity index (χ3n) is 6.26. The molecule has 33 heavy (non-hydrogen) atoms. The van der Waals surface area contributed by atoms with Crippen LogP contribution < -0.4 is 5.32 Å². The van der Waals surface area contributed by atoms with Gasteiger partial charge in [0.15, 0.2) is 0 Å². The van der Waals surface area contributed by atoms with Gasteiger partial charge in [0.25, 0.3) is 0 Å². The maximum absolute atomic E-state index is 12.4. The van der Waals surface area contributed by atoms with E-state index in [0.29, 0.717) is 24.9 Å². The lowest BCUT2D eigenvalue weighted by Crippen LogP contribution is -2.37. The van der Waals surface area contributed by atoms with Gasteiger partial charge >= 0.3 is 0 Å². The van der Waals surface area contributed by atoms with E-state index < -0.39 is 10.0 Å². The van der Waals surface area contributed by atoms with Crippen molar-refractivity contribution in [2.24, 2.45) is 7.05 Å². The van der Waals surface area contributed by atoms with Gasteiger partial charge in [-0.3, -0.25) is 9.69 Å². The molecule has 1 amide bonds. The summed E-state index contributed by atoms with van der Waals surface area (Å²) < 4.78 is 27.9. The first kappa shape index (κ1) is 23.4. The monoisotopic (exact) mass is 469 g/mol. The lowest BCUT2D eigenvalue weighted by Gasteiger charge is -2.28. The number of benzene rings is 2. The molecule has 0 fully saturated rings. The zero-order valence-electron chi connectivity index (χ0n) is 19.4. The van der Waals surface area contributed by atoms with Crippen molar-refractivity contribution in [3.63, 3.8) is 0 Å². The topological polar surface area (TPSA) is 87.5 Å². The molecule has 176 valence electrons. The summed E-state index contributed by atoms with van der Waals surface area (Å²) in [7, 11) is 1.38. The number of sulfonamides is 1. The Morgan fingerprint density at radius 2 is 1.91 bits per heavy atom. The standard InChI is InChI=1S/C24H31N5O3S/c1-27(2)33(31,32)20-8-9-22-21(16-20)26-23(28(22)3)10-11-24(30)25-13-15-29-14-12-18-6-4-5-7-19(18)17-29/h4-9,16H,10-15,17H2,1-3H3,(H,25,30). The zero-order valence-corrected chi connectivity index (χ0v) is 20.2. The van der Waals surface area contributed by atoms with Crippen LogP contribution >= 0.6 is 0 Å². The van der Waals surface area contributed by atoms with Gasteiger partial charge in [-0.05, 0) is 35.7 Å². The fourth-order valence-corrected chi connectivity index (χ4v) is 5.16. The van der Waals surface area contributed by atoms with E-state index in [0.717, 1.165) is 37.4 Å². The van der Waals surface area contributed by atoms with Crippen molar-refractivity contribution in [1.82, 2.24) is 24.1 Å². The van der Waals surface area contributed by atoms with Crippen LogP contribution in [0.25, 0.3) is 11.0 Å². The van der Waals surface area contributed by atoms with Crippen LogP contribution in [-0.2, 0) is 41.3 Å². The van der Waals surface area contributed by atoms with Gasteiger partial charge in [-0.25, -0.2) is 17.7 Å². The summed E-state index contributed by atoms with van der Waals surface area (Å²) in [5.41, 5.74) is 4.25. The number of hydrogen-bond donors (Lipinski definition) is 1. The van der Waals surface area contributed by atoms with Crippen LogP contribution in [-0.4, -0.2) is 66.8 Å². The minimum absolute atomic E-state index is 0.00431. The van der Waals surface area contributed by atoms with Crippen LogP contribution in [0.4, 0.5) is 0 Å². The maximum Gasteiger partial charge on any atom is 0.242 e. The van der Waals surface area contributed by atoms with Gasteiger partial charge in [0, 0.05) is 60.2 Å². The number of imidazole rings is 1. The number of amides is 1. The number of carbonyl (C=O) groups excluding carboxylic acids is 1. The molecule has 2 heterocycles. The Labute approximate surface area is 195 Å². The highest BCUT2D eigenvalue weighted by Gasteiger charge is 2.19. The van der Waals surface area contributed by atoms with Crippen molar-refractivity contribution in [3.8, 4) is 0 Å². The van der Waals surface area contributed by atoms with Crippen molar-refractivity contribution in [2.45, 2.75) is 30.7 Å². The third kappa shape index (κ3) is 5.10. The predicted molar refractivity (Wildman–Crippen MR) is 128 cm³/mol. The largest absolute Gasteiger partial charge is 0.355 e. The van der Waals surface area contributed by atoms with Gasteiger partial charge in [-0.1, -0.05) is 24.3 Å². The molecule has 1 aliphatic rings. The molecule has 1 aliphatic heterocycles. The molecule has 0 saturated carbocycles. The van der Waals surface area contributed by atoms with Gasteiger partial charge in [-0.2, -0.15) is 0 Å². The Bertz CT molecular complexity index is 1270. The number of fused-ring (bicyclic) bond motifs is 2. The quantitative estimate of drug-likeness (QED) is 0.545. The maximum atomic E-state index is 12.4. The van der Waals surface area contributed by atoms with E-state index in [-0.39, 0.29) is 10.8 Å². The first-order chi connectivity index (χ1) is 15.8. The van der Waals surface area contributed by atoms with Gasteiger partial charge in [0.2, 0.25) is 15.9 Å². The highest BCUT2D eigenvalue weighted by molar-refractivity contribution is 7.89. The molecule has 1 aromatic heterocycles. The Kier molecular flexibility index (Phi) is 6.83. The Morgan fingerprint density at radius 1 is 1.15 bits per heavy atom.